The van der Waals surface area contributed by atoms with E-state index in [1.165, 1.54) is 12.1 Å². The second-order valence-corrected chi connectivity index (χ2v) is 21.3. The molecule has 1 aliphatic heterocycles. The SMILES string of the molecule is Fc1cccc2c1oc1c(N(c3ccccc3)c3cc4c(c5ccccc35)-c3c(cc(N(c5ccccc5)c5cccc6c5oc5c(F)cccc56)c5ccccc35)C43c4ccccc4N(c4ccccc4)c4ccccc43)cccc12. The van der Waals surface area contributed by atoms with Crippen molar-refractivity contribution in [2.45, 2.75) is 5.41 Å². The van der Waals surface area contributed by atoms with Crippen LogP contribution >= 0.6 is 0 Å². The third-order valence-corrected chi connectivity index (χ3v) is 17.1. The highest BCUT2D eigenvalue weighted by Gasteiger charge is 2.53. The first kappa shape index (κ1) is 46.2. The third kappa shape index (κ3) is 6.36. The zero-order valence-corrected chi connectivity index (χ0v) is 43.9. The molecule has 0 bridgehead atoms. The van der Waals surface area contributed by atoms with Gasteiger partial charge in [-0.05, 0) is 129 Å². The molecule has 17 rings (SSSR count). The van der Waals surface area contributed by atoms with Crippen LogP contribution in [0.1, 0.15) is 22.3 Å². The van der Waals surface area contributed by atoms with Gasteiger partial charge < -0.3 is 23.5 Å². The van der Waals surface area contributed by atoms with E-state index in [9.17, 15) is 0 Å². The van der Waals surface area contributed by atoms with E-state index in [4.69, 9.17) is 8.83 Å². The summed E-state index contributed by atoms with van der Waals surface area (Å²) in [6, 6.07) is 94.3. The van der Waals surface area contributed by atoms with Crippen molar-refractivity contribution < 1.29 is 17.6 Å². The molecule has 13 aromatic carbocycles. The van der Waals surface area contributed by atoms with Crippen LogP contribution in [0.25, 0.3) is 76.5 Å². The molecule has 7 heteroatoms. The highest BCUT2D eigenvalue weighted by atomic mass is 19.1. The molecular formula is C75H45F2N3O2. The van der Waals surface area contributed by atoms with Gasteiger partial charge >= 0.3 is 0 Å². The maximum atomic E-state index is 15.8. The molecule has 1 spiro atoms. The van der Waals surface area contributed by atoms with Gasteiger partial charge in [-0.25, -0.2) is 8.78 Å². The monoisotopic (exact) mass is 1060 g/mol. The first-order valence-corrected chi connectivity index (χ1v) is 27.6. The predicted molar refractivity (Wildman–Crippen MR) is 331 cm³/mol. The Morgan fingerprint density at radius 2 is 0.646 bits per heavy atom. The van der Waals surface area contributed by atoms with Crippen molar-refractivity contribution in [2.24, 2.45) is 0 Å². The summed E-state index contributed by atoms with van der Waals surface area (Å²) in [7, 11) is 0. The summed E-state index contributed by atoms with van der Waals surface area (Å²) < 4.78 is 45.1. The summed E-state index contributed by atoms with van der Waals surface area (Å²) >= 11 is 0. The molecule has 3 heterocycles. The zero-order chi connectivity index (χ0) is 54.2. The van der Waals surface area contributed by atoms with E-state index in [2.05, 4.69) is 215 Å². The van der Waals surface area contributed by atoms with E-state index in [1.54, 1.807) is 12.1 Å². The molecule has 0 saturated heterocycles. The van der Waals surface area contributed by atoms with Gasteiger partial charge in [-0.3, -0.25) is 0 Å². The molecule has 15 aromatic rings. The van der Waals surface area contributed by atoms with Crippen molar-refractivity contribution >= 4 is 117 Å². The highest BCUT2D eigenvalue weighted by molar-refractivity contribution is 6.21. The van der Waals surface area contributed by atoms with Crippen LogP contribution in [0.5, 0.6) is 0 Å². The van der Waals surface area contributed by atoms with Crippen molar-refractivity contribution in [2.75, 3.05) is 14.7 Å². The van der Waals surface area contributed by atoms with Crippen molar-refractivity contribution in [1.29, 1.82) is 0 Å². The molecule has 0 N–H and O–H groups in total. The molecule has 2 aromatic heterocycles. The minimum absolute atomic E-state index is 0.223. The summed E-state index contributed by atoms with van der Waals surface area (Å²) in [6.45, 7) is 0. The molecule has 386 valence electrons. The second-order valence-electron chi connectivity index (χ2n) is 21.3. The van der Waals surface area contributed by atoms with Crippen LogP contribution in [0.4, 0.5) is 60.0 Å². The lowest BCUT2D eigenvalue weighted by Crippen LogP contribution is -2.36. The Bertz CT molecular complexity index is 4810. The van der Waals surface area contributed by atoms with Crippen LogP contribution in [-0.2, 0) is 5.41 Å². The van der Waals surface area contributed by atoms with Crippen LogP contribution in [0.2, 0.25) is 0 Å². The molecule has 1 aliphatic carbocycles. The largest absolute Gasteiger partial charge is 0.451 e. The van der Waals surface area contributed by atoms with Gasteiger partial charge in [0, 0.05) is 49.4 Å². The minimum atomic E-state index is -0.978. The first-order valence-electron chi connectivity index (χ1n) is 27.6. The number of nitrogens with zero attached hydrogens (tertiary/aromatic N) is 3. The Balaban J connectivity index is 1.04. The Kier molecular flexibility index (Phi) is 9.92. The number of benzene rings is 13. The van der Waals surface area contributed by atoms with Crippen LogP contribution < -0.4 is 14.7 Å². The number of fused-ring (bicyclic) bond motifs is 19. The van der Waals surface area contributed by atoms with E-state index in [0.717, 1.165) is 117 Å². The van der Waals surface area contributed by atoms with Crippen molar-refractivity contribution in [3.63, 3.8) is 0 Å². The van der Waals surface area contributed by atoms with E-state index in [0.29, 0.717) is 21.9 Å². The molecule has 2 aliphatic rings. The normalized spacial score (nSPS) is 13.1. The second kappa shape index (κ2) is 17.6. The summed E-state index contributed by atoms with van der Waals surface area (Å²) in [5.74, 6) is -0.818. The van der Waals surface area contributed by atoms with Gasteiger partial charge in [-0.2, -0.15) is 0 Å². The number of para-hydroxylation sites is 9. The van der Waals surface area contributed by atoms with E-state index >= 15 is 8.78 Å². The van der Waals surface area contributed by atoms with Gasteiger partial charge in [0.05, 0.1) is 39.5 Å². The summed E-state index contributed by atoms with van der Waals surface area (Å²) in [5, 5.41) is 7.28. The first-order chi connectivity index (χ1) is 40.6. The fourth-order valence-corrected chi connectivity index (χ4v) is 13.9. The van der Waals surface area contributed by atoms with Crippen molar-refractivity contribution in [1.82, 2.24) is 0 Å². The third-order valence-electron chi connectivity index (χ3n) is 17.1. The molecule has 0 saturated carbocycles. The standard InChI is InChI=1S/C75H45F2N3O2/c76-61-38-18-32-53-55-34-20-42-65(73(55)81-71(53)61)79(47-24-6-2-7-25-47)67-44-59-69(51-30-12-10-28-49(51)67)70-52-31-13-11-29-50(52)68(80(48-26-8-3-9-27-48)66-43-21-35-56-54-33-19-39-62(77)72(54)82-74(56)66)45-60(70)75(59)57-36-14-16-40-63(57)78(46-22-4-1-5-23-46)64-41-17-15-37-58(64)75/h1-45H. The summed E-state index contributed by atoms with van der Waals surface area (Å²) in [5.41, 5.74) is 15.7. The van der Waals surface area contributed by atoms with Gasteiger partial charge in [0.1, 0.15) is 0 Å². The lowest BCUT2D eigenvalue weighted by Gasteiger charge is -2.45. The fraction of sp³-hybridized carbons (Fsp3) is 0.0133. The maximum Gasteiger partial charge on any atom is 0.171 e. The zero-order valence-electron chi connectivity index (χ0n) is 43.9. The Labute approximate surface area is 470 Å². The smallest absolute Gasteiger partial charge is 0.171 e. The van der Waals surface area contributed by atoms with Crippen LogP contribution in [0.3, 0.4) is 0 Å². The average Bonchev–Trinajstić information content (AvgIpc) is 4.28. The Hall–Kier alpha value is -10.8. The average molecular weight is 1060 g/mol. The number of hydrogen-bond donors (Lipinski definition) is 0. The molecule has 0 unspecified atom stereocenters. The van der Waals surface area contributed by atoms with Crippen molar-refractivity contribution in [3.05, 3.63) is 307 Å². The van der Waals surface area contributed by atoms with Crippen molar-refractivity contribution in [3.8, 4) is 11.1 Å². The fourth-order valence-electron chi connectivity index (χ4n) is 13.9. The van der Waals surface area contributed by atoms with Crippen LogP contribution in [0, 0.1) is 11.6 Å². The Morgan fingerprint density at radius 1 is 0.293 bits per heavy atom. The highest BCUT2D eigenvalue weighted by Crippen LogP contribution is 2.67. The lowest BCUT2D eigenvalue weighted by molar-refractivity contribution is 0.584. The number of furan rings is 2. The van der Waals surface area contributed by atoms with Gasteiger partial charge in [0.25, 0.3) is 0 Å². The van der Waals surface area contributed by atoms with E-state index < -0.39 is 17.0 Å². The van der Waals surface area contributed by atoms with Crippen LogP contribution in [-0.4, -0.2) is 0 Å². The molecular weight excluding hydrogens is 1010 g/mol. The molecule has 0 atom stereocenters. The molecule has 5 nitrogen and oxygen atoms in total. The molecule has 0 fully saturated rings. The van der Waals surface area contributed by atoms with E-state index in [1.807, 2.05) is 48.5 Å². The minimum Gasteiger partial charge on any atom is -0.451 e. The molecule has 0 radical (unpaired) electrons. The topological polar surface area (TPSA) is 36.0 Å². The van der Waals surface area contributed by atoms with Gasteiger partial charge in [0.15, 0.2) is 34.0 Å². The van der Waals surface area contributed by atoms with Gasteiger partial charge in [-0.1, -0.05) is 188 Å². The lowest BCUT2D eigenvalue weighted by atomic mass is 9.64. The predicted octanol–water partition coefficient (Wildman–Crippen LogP) is 21.2. The van der Waals surface area contributed by atoms with E-state index in [-0.39, 0.29) is 11.2 Å². The number of halogens is 2. The quantitative estimate of drug-likeness (QED) is 0.159. The Morgan fingerprint density at radius 3 is 1.10 bits per heavy atom. The van der Waals surface area contributed by atoms with Gasteiger partial charge in [0.2, 0.25) is 0 Å². The number of hydrogen-bond acceptors (Lipinski definition) is 5. The summed E-state index contributed by atoms with van der Waals surface area (Å²) in [6.07, 6.45) is 0. The molecule has 82 heavy (non-hydrogen) atoms. The number of anilines is 9. The maximum absolute atomic E-state index is 15.8. The number of rotatable bonds is 7. The van der Waals surface area contributed by atoms with Crippen LogP contribution in [0.15, 0.2) is 282 Å². The molecule has 0 amide bonds. The van der Waals surface area contributed by atoms with Gasteiger partial charge in [-0.15, -0.1) is 0 Å². The summed E-state index contributed by atoms with van der Waals surface area (Å²) in [4.78, 5) is 7.01.